The number of likely N-dealkylation sites (tertiary alicyclic amines) is 1. The van der Waals surface area contributed by atoms with Crippen molar-refractivity contribution in [3.05, 3.63) is 47.6 Å². The molecule has 2 amide bonds. The molecule has 2 heterocycles. The van der Waals surface area contributed by atoms with Crippen molar-refractivity contribution in [2.45, 2.75) is 19.2 Å². The fourth-order valence-electron chi connectivity index (χ4n) is 3.17. The van der Waals surface area contributed by atoms with Gasteiger partial charge in [0, 0.05) is 17.8 Å². The fourth-order valence-corrected chi connectivity index (χ4v) is 3.29. The van der Waals surface area contributed by atoms with Crippen LogP contribution in [0.1, 0.15) is 12.8 Å². The Kier molecular flexibility index (Phi) is 7.34. The summed E-state index contributed by atoms with van der Waals surface area (Å²) in [5.41, 5.74) is 0.365. The smallest absolute Gasteiger partial charge is 0.406 e. The van der Waals surface area contributed by atoms with E-state index in [9.17, 15) is 22.8 Å². The Morgan fingerprint density at radius 3 is 2.35 bits per heavy atom. The second-order valence-corrected chi connectivity index (χ2v) is 7.46. The summed E-state index contributed by atoms with van der Waals surface area (Å²) in [7, 11) is 0. The van der Waals surface area contributed by atoms with Crippen molar-refractivity contribution in [3.8, 4) is 5.75 Å². The van der Waals surface area contributed by atoms with Crippen molar-refractivity contribution in [2.75, 3.05) is 30.3 Å². The van der Waals surface area contributed by atoms with Gasteiger partial charge in [0.15, 0.2) is 0 Å². The van der Waals surface area contributed by atoms with Crippen LogP contribution < -0.4 is 15.4 Å². The molecule has 1 aromatic carbocycles. The number of pyridine rings is 1. The normalized spacial score (nSPS) is 15.4. The lowest BCUT2D eigenvalue weighted by molar-refractivity contribution is -0.274. The average molecular weight is 457 g/mol. The third kappa shape index (κ3) is 7.41. The molecule has 0 radical (unpaired) electrons. The van der Waals surface area contributed by atoms with E-state index < -0.39 is 6.36 Å². The first kappa shape index (κ1) is 22.8. The minimum Gasteiger partial charge on any atom is -0.406 e. The first-order valence-corrected chi connectivity index (χ1v) is 9.86. The molecule has 166 valence electrons. The Morgan fingerprint density at radius 1 is 1.10 bits per heavy atom. The number of carbonyl (C=O) groups is 2. The molecule has 31 heavy (non-hydrogen) atoms. The molecule has 1 fully saturated rings. The number of rotatable bonds is 6. The van der Waals surface area contributed by atoms with Crippen LogP contribution >= 0.6 is 11.6 Å². The van der Waals surface area contributed by atoms with Crippen LogP contribution in [0, 0.1) is 5.92 Å². The summed E-state index contributed by atoms with van der Waals surface area (Å²) in [4.78, 5) is 30.5. The van der Waals surface area contributed by atoms with Crippen molar-refractivity contribution in [2.24, 2.45) is 5.92 Å². The van der Waals surface area contributed by atoms with E-state index in [-0.39, 0.29) is 30.0 Å². The summed E-state index contributed by atoms with van der Waals surface area (Å²) in [6.07, 6.45) is -2.12. The molecule has 1 aliphatic heterocycles. The molecule has 2 aromatic rings. The van der Waals surface area contributed by atoms with E-state index >= 15 is 0 Å². The fraction of sp³-hybridized carbons (Fsp3) is 0.350. The standard InChI is InChI=1S/C20H20ClF3N4O3/c21-14-1-6-17(25-11-14)27-19(30)13-7-9-28(10-8-13)12-18(29)26-15-2-4-16(5-3-15)31-20(22,23)24/h1-6,11,13H,7-10,12H2,(H,26,29)(H,25,27,30). The van der Waals surface area contributed by atoms with Crippen molar-refractivity contribution in [1.29, 1.82) is 0 Å². The van der Waals surface area contributed by atoms with E-state index in [0.717, 1.165) is 12.1 Å². The predicted octanol–water partition coefficient (Wildman–Crippen LogP) is 3.92. The van der Waals surface area contributed by atoms with E-state index in [1.54, 1.807) is 12.1 Å². The Labute approximate surface area is 181 Å². The largest absolute Gasteiger partial charge is 0.573 e. The van der Waals surface area contributed by atoms with Gasteiger partial charge in [-0.15, -0.1) is 13.2 Å². The van der Waals surface area contributed by atoms with Gasteiger partial charge in [-0.05, 0) is 62.3 Å². The Bertz CT molecular complexity index is 899. The van der Waals surface area contributed by atoms with Gasteiger partial charge >= 0.3 is 6.36 Å². The number of hydrogen-bond donors (Lipinski definition) is 2. The number of amides is 2. The SMILES string of the molecule is O=C(CN1CCC(C(=O)Nc2ccc(Cl)cn2)CC1)Nc1ccc(OC(F)(F)F)cc1. The highest BCUT2D eigenvalue weighted by Gasteiger charge is 2.31. The number of anilines is 2. The summed E-state index contributed by atoms with van der Waals surface area (Å²) in [6, 6.07) is 8.19. The predicted molar refractivity (Wildman–Crippen MR) is 109 cm³/mol. The molecule has 0 unspecified atom stereocenters. The number of alkyl halides is 3. The number of carbonyl (C=O) groups excluding carboxylic acids is 2. The second kappa shape index (κ2) is 9.97. The van der Waals surface area contributed by atoms with Crippen LogP contribution in [0.3, 0.4) is 0 Å². The van der Waals surface area contributed by atoms with Crippen LogP contribution in [0.4, 0.5) is 24.7 Å². The maximum atomic E-state index is 12.4. The van der Waals surface area contributed by atoms with E-state index in [4.69, 9.17) is 11.6 Å². The highest BCUT2D eigenvalue weighted by atomic mass is 35.5. The molecule has 0 bridgehead atoms. The summed E-state index contributed by atoms with van der Waals surface area (Å²) < 4.78 is 40.3. The van der Waals surface area contributed by atoms with Crippen LogP contribution in [0.25, 0.3) is 0 Å². The summed E-state index contributed by atoms with van der Waals surface area (Å²) in [5.74, 6) is -0.529. The third-order valence-electron chi connectivity index (χ3n) is 4.68. The Morgan fingerprint density at radius 2 is 1.77 bits per heavy atom. The molecule has 0 aliphatic carbocycles. The number of nitrogens with zero attached hydrogens (tertiary/aromatic N) is 2. The van der Waals surface area contributed by atoms with Crippen molar-refractivity contribution < 1.29 is 27.5 Å². The van der Waals surface area contributed by atoms with Crippen molar-refractivity contribution >= 4 is 34.9 Å². The molecule has 7 nitrogen and oxygen atoms in total. The molecule has 0 spiro atoms. The molecular weight excluding hydrogens is 437 g/mol. The van der Waals surface area contributed by atoms with Crippen LogP contribution in [-0.2, 0) is 9.59 Å². The van der Waals surface area contributed by atoms with Gasteiger partial charge in [-0.3, -0.25) is 14.5 Å². The molecule has 2 N–H and O–H groups in total. The molecule has 1 saturated heterocycles. The van der Waals surface area contributed by atoms with Gasteiger partial charge in [-0.25, -0.2) is 4.98 Å². The zero-order chi connectivity index (χ0) is 22.4. The van der Waals surface area contributed by atoms with Gasteiger partial charge in [0.05, 0.1) is 11.6 Å². The lowest BCUT2D eigenvalue weighted by atomic mass is 9.96. The number of hydrogen-bond acceptors (Lipinski definition) is 5. The van der Waals surface area contributed by atoms with Crippen LogP contribution in [0.5, 0.6) is 5.75 Å². The van der Waals surface area contributed by atoms with Gasteiger partial charge in [-0.1, -0.05) is 11.6 Å². The highest BCUT2D eigenvalue weighted by Crippen LogP contribution is 2.24. The van der Waals surface area contributed by atoms with Crippen LogP contribution in [0.15, 0.2) is 42.6 Å². The maximum Gasteiger partial charge on any atom is 0.573 e. The Balaban J connectivity index is 1.41. The Hall–Kier alpha value is -2.85. The lowest BCUT2D eigenvalue weighted by Gasteiger charge is -2.30. The second-order valence-electron chi connectivity index (χ2n) is 7.02. The minimum absolute atomic E-state index is 0.119. The lowest BCUT2D eigenvalue weighted by Crippen LogP contribution is -2.41. The average Bonchev–Trinajstić information content (AvgIpc) is 2.70. The van der Waals surface area contributed by atoms with Gasteiger partial charge in [0.25, 0.3) is 0 Å². The molecule has 11 heteroatoms. The van der Waals surface area contributed by atoms with E-state index in [0.29, 0.717) is 42.5 Å². The van der Waals surface area contributed by atoms with Crippen molar-refractivity contribution in [1.82, 2.24) is 9.88 Å². The number of ether oxygens (including phenoxy) is 1. The van der Waals surface area contributed by atoms with Gasteiger partial charge in [0.1, 0.15) is 11.6 Å². The number of benzene rings is 1. The number of piperidine rings is 1. The zero-order valence-electron chi connectivity index (χ0n) is 16.3. The number of aromatic nitrogens is 1. The topological polar surface area (TPSA) is 83.6 Å². The molecule has 0 atom stereocenters. The first-order chi connectivity index (χ1) is 14.7. The number of nitrogens with one attached hydrogen (secondary N) is 2. The van der Waals surface area contributed by atoms with E-state index in [1.807, 2.05) is 4.90 Å². The van der Waals surface area contributed by atoms with Crippen LogP contribution in [-0.4, -0.2) is 47.7 Å². The van der Waals surface area contributed by atoms with Gasteiger partial charge < -0.3 is 15.4 Å². The first-order valence-electron chi connectivity index (χ1n) is 9.48. The molecule has 0 saturated carbocycles. The third-order valence-corrected chi connectivity index (χ3v) is 4.90. The van der Waals surface area contributed by atoms with E-state index in [2.05, 4.69) is 20.4 Å². The monoisotopic (exact) mass is 456 g/mol. The van der Waals surface area contributed by atoms with Crippen LogP contribution in [0.2, 0.25) is 5.02 Å². The summed E-state index contributed by atoms with van der Waals surface area (Å²) >= 11 is 5.78. The maximum absolute atomic E-state index is 12.4. The highest BCUT2D eigenvalue weighted by molar-refractivity contribution is 6.30. The molecular formula is C20H20ClF3N4O3. The van der Waals surface area contributed by atoms with E-state index in [1.165, 1.54) is 18.3 Å². The van der Waals surface area contributed by atoms with Gasteiger partial charge in [-0.2, -0.15) is 0 Å². The quantitative estimate of drug-likeness (QED) is 0.688. The minimum atomic E-state index is -4.76. The molecule has 1 aliphatic rings. The number of halogens is 4. The molecule has 1 aromatic heterocycles. The zero-order valence-corrected chi connectivity index (χ0v) is 17.0. The molecule has 3 rings (SSSR count). The summed E-state index contributed by atoms with van der Waals surface area (Å²) in [5, 5.41) is 5.87. The van der Waals surface area contributed by atoms with Crippen molar-refractivity contribution in [3.63, 3.8) is 0 Å². The summed E-state index contributed by atoms with van der Waals surface area (Å²) in [6.45, 7) is 1.25. The van der Waals surface area contributed by atoms with Gasteiger partial charge in [0.2, 0.25) is 11.8 Å².